The molecule has 1 aliphatic heterocycles. The molecule has 0 aliphatic carbocycles. The van der Waals surface area contributed by atoms with E-state index in [1.807, 2.05) is 47.5 Å². The molecule has 1 aromatic carbocycles. The predicted molar refractivity (Wildman–Crippen MR) is 136 cm³/mol. The highest BCUT2D eigenvalue weighted by Crippen LogP contribution is 2.30. The zero-order chi connectivity index (χ0) is 23.5. The van der Waals surface area contributed by atoms with E-state index in [0.29, 0.717) is 31.0 Å². The first-order chi connectivity index (χ1) is 16.6. The number of amides is 2. The number of pyridine rings is 1. The van der Waals surface area contributed by atoms with Crippen molar-refractivity contribution in [3.05, 3.63) is 76.8 Å². The Morgan fingerprint density at radius 1 is 1.21 bits per heavy atom. The van der Waals surface area contributed by atoms with Crippen LogP contribution in [-0.4, -0.2) is 43.6 Å². The lowest BCUT2D eigenvalue weighted by atomic mass is 9.94. The molecule has 0 radical (unpaired) electrons. The van der Waals surface area contributed by atoms with Gasteiger partial charge in [-0.1, -0.05) is 18.2 Å². The number of fused-ring (bicyclic) bond motifs is 1. The van der Waals surface area contributed by atoms with Gasteiger partial charge in [-0.25, -0.2) is 9.78 Å². The molecular formula is C24H25BrN8O. The molecule has 9 nitrogen and oxygen atoms in total. The minimum Gasteiger partial charge on any atom is -0.397 e. The summed E-state index contributed by atoms with van der Waals surface area (Å²) < 4.78 is 2.61. The third-order valence-electron chi connectivity index (χ3n) is 5.97. The van der Waals surface area contributed by atoms with E-state index in [9.17, 15) is 4.79 Å². The van der Waals surface area contributed by atoms with Crippen LogP contribution in [0.4, 0.5) is 22.0 Å². The lowest BCUT2D eigenvalue weighted by Crippen LogP contribution is -2.41. The summed E-state index contributed by atoms with van der Waals surface area (Å²) in [5.74, 6) is 0.951. The van der Waals surface area contributed by atoms with Gasteiger partial charge in [-0.15, -0.1) is 0 Å². The second-order valence-electron chi connectivity index (χ2n) is 8.31. The molecule has 174 valence electrons. The summed E-state index contributed by atoms with van der Waals surface area (Å²) in [7, 11) is 0. The van der Waals surface area contributed by atoms with Crippen molar-refractivity contribution < 1.29 is 4.79 Å². The number of piperidine rings is 1. The molecule has 3 aromatic heterocycles. The molecule has 4 N–H and O–H groups in total. The molecule has 34 heavy (non-hydrogen) atoms. The average Bonchev–Trinajstić information content (AvgIpc) is 3.25. The first-order valence-electron chi connectivity index (χ1n) is 11.2. The second-order valence-corrected chi connectivity index (χ2v) is 9.17. The fourth-order valence-electron chi connectivity index (χ4n) is 4.19. The quantitative estimate of drug-likeness (QED) is 0.334. The van der Waals surface area contributed by atoms with Gasteiger partial charge in [0.2, 0.25) is 0 Å². The number of benzene rings is 1. The summed E-state index contributed by atoms with van der Waals surface area (Å²) in [6.07, 6.45) is 7.19. The minimum atomic E-state index is -0.149. The zero-order valence-electron chi connectivity index (χ0n) is 18.5. The van der Waals surface area contributed by atoms with Crippen molar-refractivity contribution in [1.29, 1.82) is 0 Å². The Bertz CT molecular complexity index is 1310. The lowest BCUT2D eigenvalue weighted by molar-refractivity contribution is 0.192. The number of aromatic nitrogens is 4. The SMILES string of the molecule is Nc1ccccc1NC(=O)N1CCCC(c2cc(NCc3cccnc3)n3ncc(Br)c3n2)C1. The van der Waals surface area contributed by atoms with Gasteiger partial charge in [-0.2, -0.15) is 9.61 Å². The van der Waals surface area contributed by atoms with E-state index >= 15 is 0 Å². The lowest BCUT2D eigenvalue weighted by Gasteiger charge is -2.32. The normalized spacial score (nSPS) is 15.9. The number of rotatable bonds is 5. The summed E-state index contributed by atoms with van der Waals surface area (Å²) in [4.78, 5) is 23.9. The van der Waals surface area contributed by atoms with Gasteiger partial charge in [0.25, 0.3) is 0 Å². The van der Waals surface area contributed by atoms with E-state index < -0.39 is 0 Å². The van der Waals surface area contributed by atoms with Crippen molar-refractivity contribution >= 4 is 44.8 Å². The van der Waals surface area contributed by atoms with Crippen LogP contribution in [0.2, 0.25) is 0 Å². The van der Waals surface area contributed by atoms with Gasteiger partial charge in [0.05, 0.1) is 27.7 Å². The number of carbonyl (C=O) groups excluding carboxylic acids is 1. The van der Waals surface area contributed by atoms with Crippen LogP contribution in [0, 0.1) is 0 Å². The number of likely N-dealkylation sites (tertiary alicyclic amines) is 1. The molecule has 1 saturated heterocycles. The number of nitrogens with zero attached hydrogens (tertiary/aromatic N) is 5. The van der Waals surface area contributed by atoms with Crippen molar-refractivity contribution in [2.24, 2.45) is 0 Å². The molecule has 1 fully saturated rings. The molecule has 4 heterocycles. The van der Waals surface area contributed by atoms with E-state index in [1.54, 1.807) is 23.0 Å². The van der Waals surface area contributed by atoms with Gasteiger partial charge >= 0.3 is 6.03 Å². The largest absolute Gasteiger partial charge is 0.397 e. The number of urea groups is 1. The van der Waals surface area contributed by atoms with Gasteiger partial charge in [0, 0.05) is 44.0 Å². The van der Waals surface area contributed by atoms with Crippen LogP contribution in [0.1, 0.15) is 30.0 Å². The van der Waals surface area contributed by atoms with E-state index in [-0.39, 0.29) is 11.9 Å². The standard InChI is InChI=1S/C24H25BrN8O/c25-18-14-29-33-22(28-13-16-5-3-9-27-12-16)11-21(30-23(18)33)17-6-4-10-32(15-17)24(34)31-20-8-2-1-7-19(20)26/h1-3,5,7-9,11-12,14,17,28H,4,6,10,13,15,26H2,(H,31,34). The maximum absolute atomic E-state index is 12.9. The van der Waals surface area contributed by atoms with Crippen molar-refractivity contribution in [2.75, 3.05) is 29.5 Å². The maximum atomic E-state index is 12.9. The maximum Gasteiger partial charge on any atom is 0.321 e. The van der Waals surface area contributed by atoms with Crippen LogP contribution in [0.15, 0.2) is 65.5 Å². The van der Waals surface area contributed by atoms with Crippen LogP contribution in [-0.2, 0) is 6.54 Å². The number of carbonyl (C=O) groups is 1. The first-order valence-corrected chi connectivity index (χ1v) is 11.9. The topological polar surface area (TPSA) is 113 Å². The zero-order valence-corrected chi connectivity index (χ0v) is 20.1. The number of nitrogens with one attached hydrogen (secondary N) is 2. The van der Waals surface area contributed by atoms with E-state index in [2.05, 4.69) is 36.6 Å². The molecule has 1 aliphatic rings. The Balaban J connectivity index is 1.37. The third kappa shape index (κ3) is 4.67. The summed E-state index contributed by atoms with van der Waals surface area (Å²) in [6, 6.07) is 13.1. The van der Waals surface area contributed by atoms with E-state index in [0.717, 1.165) is 40.0 Å². The molecule has 4 aromatic rings. The smallest absolute Gasteiger partial charge is 0.321 e. The summed E-state index contributed by atoms with van der Waals surface area (Å²) >= 11 is 3.56. The monoisotopic (exact) mass is 520 g/mol. The number of nitrogens with two attached hydrogens (primary N) is 1. The Hall–Kier alpha value is -3.66. The fourth-order valence-corrected chi connectivity index (χ4v) is 4.54. The van der Waals surface area contributed by atoms with Crippen LogP contribution < -0.4 is 16.4 Å². The highest BCUT2D eigenvalue weighted by molar-refractivity contribution is 9.10. The molecule has 0 spiro atoms. The molecule has 1 unspecified atom stereocenters. The van der Waals surface area contributed by atoms with Gasteiger partial charge in [0.15, 0.2) is 5.65 Å². The fraction of sp³-hybridized carbons (Fsp3) is 0.250. The molecule has 0 bridgehead atoms. The summed E-state index contributed by atoms with van der Waals surface area (Å²) in [5, 5.41) is 10.9. The van der Waals surface area contributed by atoms with Crippen molar-refractivity contribution in [3.63, 3.8) is 0 Å². The van der Waals surface area contributed by atoms with Gasteiger partial charge in [0.1, 0.15) is 5.82 Å². The molecule has 1 atom stereocenters. The van der Waals surface area contributed by atoms with Crippen LogP contribution >= 0.6 is 15.9 Å². The van der Waals surface area contributed by atoms with E-state index in [1.165, 1.54) is 0 Å². The minimum absolute atomic E-state index is 0.110. The van der Waals surface area contributed by atoms with Gasteiger partial charge in [-0.3, -0.25) is 4.98 Å². The number of hydrogen-bond acceptors (Lipinski definition) is 6. The van der Waals surface area contributed by atoms with Crippen LogP contribution in [0.5, 0.6) is 0 Å². The Morgan fingerprint density at radius 3 is 2.91 bits per heavy atom. The van der Waals surface area contributed by atoms with E-state index in [4.69, 9.17) is 10.7 Å². The first kappa shape index (κ1) is 22.1. The third-order valence-corrected chi connectivity index (χ3v) is 6.53. The van der Waals surface area contributed by atoms with Gasteiger partial charge < -0.3 is 21.3 Å². The Morgan fingerprint density at radius 2 is 2.09 bits per heavy atom. The molecule has 5 rings (SSSR count). The predicted octanol–water partition coefficient (Wildman–Crippen LogP) is 4.49. The average molecular weight is 521 g/mol. The Labute approximate surface area is 205 Å². The van der Waals surface area contributed by atoms with Crippen molar-refractivity contribution in [3.8, 4) is 0 Å². The van der Waals surface area contributed by atoms with Crippen LogP contribution in [0.3, 0.4) is 0 Å². The number of halogens is 1. The van der Waals surface area contributed by atoms with Crippen molar-refractivity contribution in [1.82, 2.24) is 24.5 Å². The summed E-state index contributed by atoms with van der Waals surface area (Å²) in [5.41, 5.74) is 9.91. The summed E-state index contributed by atoms with van der Waals surface area (Å²) in [6.45, 7) is 1.89. The molecular weight excluding hydrogens is 496 g/mol. The molecule has 2 amide bonds. The van der Waals surface area contributed by atoms with Crippen LogP contribution in [0.25, 0.3) is 5.65 Å². The highest BCUT2D eigenvalue weighted by atomic mass is 79.9. The number of nitrogen functional groups attached to an aromatic ring is 1. The number of anilines is 3. The van der Waals surface area contributed by atoms with Gasteiger partial charge in [-0.05, 0) is 52.5 Å². The van der Waals surface area contributed by atoms with Crippen molar-refractivity contribution in [2.45, 2.75) is 25.3 Å². The highest BCUT2D eigenvalue weighted by Gasteiger charge is 2.27. The molecule has 0 saturated carbocycles. The number of para-hydroxylation sites is 2. The Kier molecular flexibility index (Phi) is 6.31. The second kappa shape index (κ2) is 9.68. The molecule has 10 heteroatoms. The number of hydrogen-bond donors (Lipinski definition) is 3.